The summed E-state index contributed by atoms with van der Waals surface area (Å²) in [4.78, 5) is 33.2. The van der Waals surface area contributed by atoms with Gasteiger partial charge in [0.05, 0.1) is 18.2 Å². The van der Waals surface area contributed by atoms with Gasteiger partial charge in [0, 0.05) is 5.56 Å². The van der Waals surface area contributed by atoms with Crippen molar-refractivity contribution in [2.24, 2.45) is 5.92 Å². The van der Waals surface area contributed by atoms with Gasteiger partial charge in [-0.25, -0.2) is 14.4 Å². The molecule has 3 aromatic rings. The number of benzene rings is 1. The molecular formula is C18H20FN5O2. The van der Waals surface area contributed by atoms with Gasteiger partial charge in [0.15, 0.2) is 0 Å². The maximum atomic E-state index is 13.2. The van der Waals surface area contributed by atoms with E-state index < -0.39 is 0 Å². The van der Waals surface area contributed by atoms with E-state index in [0.717, 1.165) is 5.56 Å². The molecule has 2 N–H and O–H groups in total. The number of nitrogens with zero attached hydrogens (tertiary/aromatic N) is 3. The Balaban J connectivity index is 1.83. The number of aromatic amines is 1. The molecule has 26 heavy (non-hydrogen) atoms. The number of halogens is 1. The van der Waals surface area contributed by atoms with Crippen LogP contribution < -0.4 is 10.9 Å². The summed E-state index contributed by atoms with van der Waals surface area (Å²) in [7, 11) is 0. The van der Waals surface area contributed by atoms with Crippen molar-refractivity contribution in [2.45, 2.75) is 33.2 Å². The van der Waals surface area contributed by atoms with Crippen LogP contribution in [0.4, 0.5) is 4.39 Å². The maximum Gasteiger partial charge on any atom is 0.277 e. The van der Waals surface area contributed by atoms with E-state index in [4.69, 9.17) is 0 Å². The van der Waals surface area contributed by atoms with Crippen molar-refractivity contribution < 1.29 is 9.18 Å². The highest BCUT2D eigenvalue weighted by Crippen LogP contribution is 2.22. The monoisotopic (exact) mass is 357 g/mol. The zero-order chi connectivity index (χ0) is 18.8. The normalized spacial score (nSPS) is 12.5. The first-order chi connectivity index (χ1) is 12.4. The molecule has 0 saturated carbocycles. The summed E-state index contributed by atoms with van der Waals surface area (Å²) < 4.78 is 14.4. The Morgan fingerprint density at radius 3 is 2.65 bits per heavy atom. The molecule has 0 unspecified atom stereocenters. The molecule has 0 aliphatic carbocycles. The summed E-state index contributed by atoms with van der Waals surface area (Å²) in [5, 5.41) is 5.62. The number of nitrogens with one attached hydrogen (secondary N) is 2. The van der Waals surface area contributed by atoms with Crippen LogP contribution in [-0.2, 0) is 11.2 Å². The fourth-order valence-corrected chi connectivity index (χ4v) is 2.89. The van der Waals surface area contributed by atoms with Gasteiger partial charge in [0.1, 0.15) is 12.1 Å². The van der Waals surface area contributed by atoms with Crippen molar-refractivity contribution in [3.8, 4) is 0 Å². The highest BCUT2D eigenvalue weighted by atomic mass is 19.1. The Bertz CT molecular complexity index is 991. The third kappa shape index (κ3) is 3.49. The van der Waals surface area contributed by atoms with E-state index in [1.54, 1.807) is 19.1 Å². The van der Waals surface area contributed by atoms with E-state index in [0.29, 0.717) is 11.3 Å². The first-order valence-electron chi connectivity index (χ1n) is 8.33. The summed E-state index contributed by atoms with van der Waals surface area (Å²) >= 11 is 0. The molecule has 136 valence electrons. The first kappa shape index (κ1) is 17.8. The summed E-state index contributed by atoms with van der Waals surface area (Å²) in [6.07, 6.45) is 1.28. The minimum absolute atomic E-state index is 0.0932. The molecule has 1 aromatic carbocycles. The molecule has 0 aliphatic heterocycles. The molecule has 1 amide bonds. The lowest BCUT2D eigenvalue weighted by Gasteiger charge is -2.23. The number of hydrogen-bond donors (Lipinski definition) is 2. The summed E-state index contributed by atoms with van der Waals surface area (Å²) in [6, 6.07) is 5.75. The molecule has 2 heterocycles. The molecule has 2 aromatic heterocycles. The molecule has 7 nitrogen and oxygen atoms in total. The van der Waals surface area contributed by atoms with Crippen LogP contribution in [0, 0.1) is 18.7 Å². The number of rotatable bonds is 5. The predicted molar refractivity (Wildman–Crippen MR) is 94.2 cm³/mol. The van der Waals surface area contributed by atoms with E-state index >= 15 is 0 Å². The van der Waals surface area contributed by atoms with Crippen LogP contribution in [0.15, 0.2) is 35.4 Å². The van der Waals surface area contributed by atoms with Crippen molar-refractivity contribution in [1.82, 2.24) is 24.9 Å². The van der Waals surface area contributed by atoms with Crippen LogP contribution in [0.3, 0.4) is 0 Å². The third-order valence-corrected chi connectivity index (χ3v) is 4.28. The van der Waals surface area contributed by atoms with Crippen LogP contribution in [0.25, 0.3) is 5.78 Å². The van der Waals surface area contributed by atoms with Gasteiger partial charge in [-0.15, -0.1) is 0 Å². The number of amides is 1. The van der Waals surface area contributed by atoms with Gasteiger partial charge in [-0.05, 0) is 30.5 Å². The molecule has 0 saturated heterocycles. The zero-order valence-corrected chi connectivity index (χ0v) is 14.8. The number of carbonyl (C=O) groups excluding carboxylic acids is 1. The van der Waals surface area contributed by atoms with E-state index in [-0.39, 0.29) is 41.4 Å². The lowest BCUT2D eigenvalue weighted by Crippen LogP contribution is -2.35. The van der Waals surface area contributed by atoms with Crippen LogP contribution in [0.2, 0.25) is 0 Å². The van der Waals surface area contributed by atoms with Crippen molar-refractivity contribution in [2.75, 3.05) is 0 Å². The average molecular weight is 357 g/mol. The third-order valence-electron chi connectivity index (χ3n) is 4.28. The number of hydrogen-bond acceptors (Lipinski definition) is 4. The van der Waals surface area contributed by atoms with Gasteiger partial charge in [0.25, 0.3) is 11.3 Å². The number of fused-ring (bicyclic) bond motifs is 1. The van der Waals surface area contributed by atoms with E-state index in [1.807, 2.05) is 13.8 Å². The second kappa shape index (κ2) is 7.07. The standard InChI is InChI=1S/C18H20FN5O2/c1-10(2)16(12-4-6-13(19)7-5-12)23-15(25)8-14-11(3)22-18-20-9-21-24(18)17(14)26/h4-7,9-10,16H,8H2,1-3H3,(H,23,25)(H,20,21,22)/t16-/m0/s1. The molecule has 0 bridgehead atoms. The van der Waals surface area contributed by atoms with Gasteiger partial charge >= 0.3 is 0 Å². The highest BCUT2D eigenvalue weighted by molar-refractivity contribution is 5.79. The number of aromatic nitrogens is 4. The Morgan fingerprint density at radius 2 is 2.00 bits per heavy atom. The first-order valence-corrected chi connectivity index (χ1v) is 8.33. The van der Waals surface area contributed by atoms with Gasteiger partial charge in [-0.1, -0.05) is 26.0 Å². The van der Waals surface area contributed by atoms with Crippen LogP contribution in [0.5, 0.6) is 0 Å². The topological polar surface area (TPSA) is 92.2 Å². The molecule has 1 atom stereocenters. The average Bonchev–Trinajstić information content (AvgIpc) is 3.05. The van der Waals surface area contributed by atoms with Gasteiger partial charge in [-0.2, -0.15) is 4.52 Å². The summed E-state index contributed by atoms with van der Waals surface area (Å²) in [6.45, 7) is 5.61. The Kier molecular flexibility index (Phi) is 4.83. The minimum Gasteiger partial charge on any atom is -0.349 e. The van der Waals surface area contributed by atoms with E-state index in [2.05, 4.69) is 20.4 Å². The number of aryl methyl sites for hydroxylation is 1. The lowest BCUT2D eigenvalue weighted by molar-refractivity contribution is -0.121. The Labute approximate surface area is 149 Å². The van der Waals surface area contributed by atoms with Crippen molar-refractivity contribution in [3.05, 3.63) is 63.6 Å². The fraction of sp³-hybridized carbons (Fsp3) is 0.333. The van der Waals surface area contributed by atoms with Crippen molar-refractivity contribution in [1.29, 1.82) is 0 Å². The fourth-order valence-electron chi connectivity index (χ4n) is 2.89. The van der Waals surface area contributed by atoms with Crippen LogP contribution in [-0.4, -0.2) is 25.5 Å². The zero-order valence-electron chi connectivity index (χ0n) is 14.8. The van der Waals surface area contributed by atoms with Gasteiger partial charge in [-0.3, -0.25) is 14.7 Å². The van der Waals surface area contributed by atoms with Gasteiger partial charge < -0.3 is 5.32 Å². The Hall–Kier alpha value is -3.03. The molecule has 3 rings (SSSR count). The van der Waals surface area contributed by atoms with Crippen molar-refractivity contribution in [3.63, 3.8) is 0 Å². The quantitative estimate of drug-likeness (QED) is 0.730. The molecule has 0 spiro atoms. The summed E-state index contributed by atoms with van der Waals surface area (Å²) in [5.74, 6) is -0.262. The molecule has 0 radical (unpaired) electrons. The largest absolute Gasteiger partial charge is 0.349 e. The van der Waals surface area contributed by atoms with Crippen LogP contribution >= 0.6 is 0 Å². The molecule has 0 fully saturated rings. The number of H-pyrrole nitrogens is 1. The molecule has 8 heteroatoms. The van der Waals surface area contributed by atoms with Gasteiger partial charge in [0.2, 0.25) is 5.91 Å². The lowest BCUT2D eigenvalue weighted by atomic mass is 9.95. The minimum atomic E-state index is -0.344. The van der Waals surface area contributed by atoms with E-state index in [1.165, 1.54) is 23.0 Å². The molecule has 0 aliphatic rings. The van der Waals surface area contributed by atoms with Crippen LogP contribution in [0.1, 0.15) is 36.7 Å². The predicted octanol–water partition coefficient (Wildman–Crippen LogP) is 1.92. The second-order valence-electron chi connectivity index (χ2n) is 6.52. The highest BCUT2D eigenvalue weighted by Gasteiger charge is 2.21. The summed E-state index contributed by atoms with van der Waals surface area (Å²) in [5.41, 5.74) is 1.25. The second-order valence-corrected chi connectivity index (χ2v) is 6.52. The van der Waals surface area contributed by atoms with Crippen molar-refractivity contribution >= 4 is 11.7 Å². The SMILES string of the molecule is Cc1nc2nc[nH]n2c(=O)c1CC(=O)N[C@H](c1ccc(F)cc1)C(C)C. The van der Waals surface area contributed by atoms with E-state index in [9.17, 15) is 14.0 Å². The number of carbonyl (C=O) groups is 1. The smallest absolute Gasteiger partial charge is 0.277 e. The maximum absolute atomic E-state index is 13.2. The Morgan fingerprint density at radius 1 is 1.31 bits per heavy atom. The molecular weight excluding hydrogens is 337 g/mol.